The minimum atomic E-state index is -2.83. The van der Waals surface area contributed by atoms with E-state index in [4.69, 9.17) is 0 Å². The van der Waals surface area contributed by atoms with Crippen LogP contribution in [0.4, 0.5) is 4.79 Å². The first-order chi connectivity index (χ1) is 8.37. The first-order valence-corrected chi connectivity index (χ1v) is 5.32. The molecule has 1 saturated heterocycles. The number of carbonyl (C=O) groups is 5. The van der Waals surface area contributed by atoms with Crippen molar-refractivity contribution in [2.45, 2.75) is 24.9 Å². The number of urea groups is 1. The maximum atomic E-state index is 11.7. The van der Waals surface area contributed by atoms with Crippen molar-refractivity contribution in [1.29, 1.82) is 0 Å². The average molecular weight is 254 g/mol. The predicted molar refractivity (Wildman–Crippen MR) is 54.0 cm³/mol. The molecule has 1 aliphatic carbocycles. The van der Waals surface area contributed by atoms with Crippen LogP contribution in [0.5, 0.6) is 0 Å². The standard InChI is InChI=1S/C10H10N2O6/c13-4-2-1-3-5(14)6(4)10(18)7(15)11-9(17)12-8(10)16/h6,18H,1-3H2,(H2,11,12,15,16,17). The van der Waals surface area contributed by atoms with Crippen LogP contribution in [0.25, 0.3) is 0 Å². The van der Waals surface area contributed by atoms with Crippen LogP contribution in [-0.2, 0) is 19.2 Å². The van der Waals surface area contributed by atoms with Gasteiger partial charge in [-0.05, 0) is 6.42 Å². The fraction of sp³-hybridized carbons (Fsp3) is 0.500. The Labute approximate surface area is 101 Å². The van der Waals surface area contributed by atoms with E-state index in [1.165, 1.54) is 0 Å². The maximum absolute atomic E-state index is 11.7. The molecule has 0 atom stereocenters. The highest BCUT2D eigenvalue weighted by Crippen LogP contribution is 2.29. The summed E-state index contributed by atoms with van der Waals surface area (Å²) in [6.45, 7) is 0. The third-order valence-corrected chi connectivity index (χ3v) is 3.05. The monoisotopic (exact) mass is 254 g/mol. The molecule has 2 fully saturated rings. The van der Waals surface area contributed by atoms with Gasteiger partial charge in [-0.2, -0.15) is 0 Å². The van der Waals surface area contributed by atoms with Crippen LogP contribution in [0, 0.1) is 5.92 Å². The lowest BCUT2D eigenvalue weighted by molar-refractivity contribution is -0.169. The lowest BCUT2D eigenvalue weighted by atomic mass is 9.73. The van der Waals surface area contributed by atoms with Gasteiger partial charge in [0, 0.05) is 12.8 Å². The van der Waals surface area contributed by atoms with Crippen LogP contribution in [0.1, 0.15) is 19.3 Å². The molecular formula is C10H10N2O6. The van der Waals surface area contributed by atoms with E-state index < -0.39 is 40.9 Å². The van der Waals surface area contributed by atoms with Crippen molar-refractivity contribution in [2.75, 3.05) is 0 Å². The van der Waals surface area contributed by atoms with E-state index in [1.54, 1.807) is 10.6 Å². The second-order valence-corrected chi connectivity index (χ2v) is 4.22. The summed E-state index contributed by atoms with van der Waals surface area (Å²) in [6, 6.07) is -1.09. The smallest absolute Gasteiger partial charge is 0.328 e. The topological polar surface area (TPSA) is 130 Å². The molecule has 96 valence electrons. The number of nitrogens with one attached hydrogen (secondary N) is 2. The molecule has 0 unspecified atom stereocenters. The summed E-state index contributed by atoms with van der Waals surface area (Å²) in [5.41, 5.74) is -2.83. The zero-order valence-corrected chi connectivity index (χ0v) is 9.19. The molecule has 0 aromatic heterocycles. The molecule has 1 aliphatic heterocycles. The summed E-state index contributed by atoms with van der Waals surface area (Å²) >= 11 is 0. The highest BCUT2D eigenvalue weighted by Gasteiger charge is 2.60. The van der Waals surface area contributed by atoms with Gasteiger partial charge in [0.05, 0.1) is 0 Å². The molecule has 2 rings (SSSR count). The molecular weight excluding hydrogens is 244 g/mol. The number of imide groups is 2. The largest absolute Gasteiger partial charge is 0.371 e. The Morgan fingerprint density at radius 2 is 1.39 bits per heavy atom. The van der Waals surface area contributed by atoms with E-state index in [2.05, 4.69) is 0 Å². The van der Waals surface area contributed by atoms with Gasteiger partial charge in [0.25, 0.3) is 11.8 Å². The van der Waals surface area contributed by atoms with Gasteiger partial charge >= 0.3 is 6.03 Å². The summed E-state index contributed by atoms with van der Waals surface area (Å²) in [4.78, 5) is 57.3. The number of hydrogen-bond donors (Lipinski definition) is 3. The van der Waals surface area contributed by atoms with Crippen LogP contribution >= 0.6 is 0 Å². The van der Waals surface area contributed by atoms with Gasteiger partial charge in [0.15, 0.2) is 0 Å². The summed E-state index contributed by atoms with van der Waals surface area (Å²) in [6.07, 6.45) is 0.340. The van der Waals surface area contributed by atoms with E-state index >= 15 is 0 Å². The van der Waals surface area contributed by atoms with Crippen molar-refractivity contribution in [3.8, 4) is 0 Å². The lowest BCUT2D eigenvalue weighted by Gasteiger charge is -2.35. The van der Waals surface area contributed by atoms with Gasteiger partial charge < -0.3 is 5.11 Å². The van der Waals surface area contributed by atoms with Gasteiger partial charge in [0.2, 0.25) is 5.60 Å². The maximum Gasteiger partial charge on any atom is 0.328 e. The Hall–Kier alpha value is -2.09. The summed E-state index contributed by atoms with van der Waals surface area (Å²) in [5.74, 6) is -5.77. The van der Waals surface area contributed by atoms with Crippen LogP contribution in [-0.4, -0.2) is 40.1 Å². The van der Waals surface area contributed by atoms with Crippen LogP contribution in [0.3, 0.4) is 0 Å². The molecule has 4 amide bonds. The van der Waals surface area contributed by atoms with Crippen molar-refractivity contribution >= 4 is 29.4 Å². The van der Waals surface area contributed by atoms with Gasteiger partial charge in [0.1, 0.15) is 17.5 Å². The number of rotatable bonds is 1. The quantitative estimate of drug-likeness (QED) is 0.465. The number of barbiturate groups is 1. The zero-order valence-electron chi connectivity index (χ0n) is 9.19. The molecule has 8 heteroatoms. The Bertz CT molecular complexity index is 447. The van der Waals surface area contributed by atoms with Crippen molar-refractivity contribution in [3.05, 3.63) is 0 Å². The fourth-order valence-corrected chi connectivity index (χ4v) is 2.16. The third kappa shape index (κ3) is 1.61. The van der Waals surface area contributed by atoms with Crippen molar-refractivity contribution in [1.82, 2.24) is 10.6 Å². The molecule has 2 aliphatic rings. The summed E-state index contributed by atoms with van der Waals surface area (Å²) < 4.78 is 0. The van der Waals surface area contributed by atoms with Crippen LogP contribution in [0.15, 0.2) is 0 Å². The molecule has 18 heavy (non-hydrogen) atoms. The molecule has 1 heterocycles. The van der Waals surface area contributed by atoms with Crippen LogP contribution in [0.2, 0.25) is 0 Å². The molecule has 0 bridgehead atoms. The van der Waals surface area contributed by atoms with Gasteiger partial charge in [-0.1, -0.05) is 0 Å². The first-order valence-electron chi connectivity index (χ1n) is 5.32. The Morgan fingerprint density at radius 3 is 1.83 bits per heavy atom. The second kappa shape index (κ2) is 3.98. The van der Waals surface area contributed by atoms with E-state index in [1.807, 2.05) is 0 Å². The highest BCUT2D eigenvalue weighted by molar-refractivity contribution is 6.27. The zero-order chi connectivity index (χ0) is 13.5. The molecule has 0 spiro atoms. The molecule has 3 N–H and O–H groups in total. The van der Waals surface area contributed by atoms with Gasteiger partial charge in [-0.25, -0.2) is 4.79 Å². The average Bonchev–Trinajstić information content (AvgIpc) is 2.26. The minimum Gasteiger partial charge on any atom is -0.371 e. The number of amides is 4. The van der Waals surface area contributed by atoms with Crippen molar-refractivity contribution in [2.24, 2.45) is 5.92 Å². The van der Waals surface area contributed by atoms with Crippen molar-refractivity contribution < 1.29 is 29.1 Å². The van der Waals surface area contributed by atoms with Gasteiger partial charge in [-0.15, -0.1) is 0 Å². The van der Waals surface area contributed by atoms with E-state index in [-0.39, 0.29) is 12.8 Å². The first kappa shape index (κ1) is 12.4. The lowest BCUT2D eigenvalue weighted by Crippen LogP contribution is -2.72. The summed E-state index contributed by atoms with van der Waals surface area (Å²) in [5, 5.41) is 13.4. The van der Waals surface area contributed by atoms with E-state index in [0.29, 0.717) is 6.42 Å². The van der Waals surface area contributed by atoms with E-state index in [9.17, 15) is 29.1 Å². The fourth-order valence-electron chi connectivity index (χ4n) is 2.16. The van der Waals surface area contributed by atoms with Gasteiger partial charge in [-0.3, -0.25) is 29.8 Å². The molecule has 8 nitrogen and oxygen atoms in total. The molecule has 1 saturated carbocycles. The molecule has 0 radical (unpaired) electrons. The Balaban J connectivity index is 2.42. The number of Topliss-reactive ketones (excluding diaryl/α,β-unsaturated/α-hetero) is 2. The minimum absolute atomic E-state index is 0.00717. The third-order valence-electron chi connectivity index (χ3n) is 3.05. The van der Waals surface area contributed by atoms with E-state index in [0.717, 1.165) is 0 Å². The Morgan fingerprint density at radius 1 is 0.944 bits per heavy atom. The molecule has 0 aromatic carbocycles. The normalized spacial score (nSPS) is 24.8. The second-order valence-electron chi connectivity index (χ2n) is 4.22. The SMILES string of the molecule is O=C1NC(=O)C(O)(C2C(=O)CCCC2=O)C(=O)N1. The number of hydrogen-bond acceptors (Lipinski definition) is 6. The van der Waals surface area contributed by atoms with Crippen LogP contribution < -0.4 is 10.6 Å². The Kier molecular flexibility index (Phi) is 2.74. The molecule has 0 aromatic rings. The number of ketones is 2. The van der Waals surface area contributed by atoms with Crippen molar-refractivity contribution in [3.63, 3.8) is 0 Å². The summed E-state index contributed by atoms with van der Waals surface area (Å²) in [7, 11) is 0. The number of aliphatic hydroxyl groups is 1. The number of carbonyl (C=O) groups excluding carboxylic acids is 5. The predicted octanol–water partition coefficient (Wildman–Crippen LogP) is -1.98. The highest BCUT2D eigenvalue weighted by atomic mass is 16.3.